The predicted molar refractivity (Wildman–Crippen MR) is 67.3 cm³/mol. The Morgan fingerprint density at radius 3 is 2.00 bits per heavy atom. The second kappa shape index (κ2) is 7.37. The number of hydrogen-bond acceptors (Lipinski definition) is 2. The van der Waals surface area contributed by atoms with Crippen LogP contribution in [0.1, 0.15) is 53.4 Å². The van der Waals surface area contributed by atoms with Gasteiger partial charge in [0.15, 0.2) is 0 Å². The molecule has 0 aliphatic rings. The van der Waals surface area contributed by atoms with E-state index in [1.807, 2.05) is 27.7 Å². The lowest BCUT2D eigenvalue weighted by Crippen LogP contribution is -2.14. The van der Waals surface area contributed by atoms with Crippen LogP contribution in [0.25, 0.3) is 0 Å². The largest absolute Gasteiger partial charge is 0.299 e. The zero-order valence-electron chi connectivity index (χ0n) is 11.0. The standard InChI is InChI=1S/C14H24O2/c1-10(2)6-8-14(16)12(5)7-9-13(15)11(3)4/h11-12H,1,6-9H2,2-5H3. The Morgan fingerprint density at radius 1 is 1.00 bits per heavy atom. The quantitative estimate of drug-likeness (QED) is 0.591. The number of ketones is 2. The molecular weight excluding hydrogens is 200 g/mol. The second-order valence-electron chi connectivity index (χ2n) is 4.98. The van der Waals surface area contributed by atoms with Crippen LogP contribution in [0.3, 0.4) is 0 Å². The number of hydrogen-bond donors (Lipinski definition) is 0. The molecule has 0 aromatic carbocycles. The number of rotatable bonds is 8. The zero-order valence-corrected chi connectivity index (χ0v) is 11.0. The smallest absolute Gasteiger partial charge is 0.136 e. The summed E-state index contributed by atoms with van der Waals surface area (Å²) >= 11 is 0. The molecule has 16 heavy (non-hydrogen) atoms. The summed E-state index contributed by atoms with van der Waals surface area (Å²) in [6.45, 7) is 11.4. The normalized spacial score (nSPS) is 12.6. The van der Waals surface area contributed by atoms with Crippen molar-refractivity contribution in [1.82, 2.24) is 0 Å². The molecule has 0 aliphatic carbocycles. The summed E-state index contributed by atoms with van der Waals surface area (Å²) in [6.07, 6.45) is 2.54. The Hall–Kier alpha value is -0.920. The van der Waals surface area contributed by atoms with Gasteiger partial charge in [0.2, 0.25) is 0 Å². The minimum Gasteiger partial charge on any atom is -0.299 e. The maximum absolute atomic E-state index is 11.7. The van der Waals surface area contributed by atoms with Gasteiger partial charge in [-0.25, -0.2) is 0 Å². The fraction of sp³-hybridized carbons (Fsp3) is 0.714. The molecule has 0 aromatic rings. The number of carbonyl (C=O) groups excluding carboxylic acids is 2. The number of allylic oxidation sites excluding steroid dienone is 1. The van der Waals surface area contributed by atoms with Gasteiger partial charge in [-0.2, -0.15) is 0 Å². The lowest BCUT2D eigenvalue weighted by molar-refractivity contribution is -0.124. The van der Waals surface area contributed by atoms with Crippen LogP contribution in [0.4, 0.5) is 0 Å². The molecule has 0 N–H and O–H groups in total. The third-order valence-electron chi connectivity index (χ3n) is 2.82. The molecule has 0 aromatic heterocycles. The summed E-state index contributed by atoms with van der Waals surface area (Å²) in [5.74, 6) is 0.582. The highest BCUT2D eigenvalue weighted by Crippen LogP contribution is 2.14. The number of carbonyl (C=O) groups is 2. The molecular formula is C14H24O2. The molecule has 0 radical (unpaired) electrons. The summed E-state index contributed by atoms with van der Waals surface area (Å²) in [6, 6.07) is 0. The van der Waals surface area contributed by atoms with Gasteiger partial charge in [-0.1, -0.05) is 26.3 Å². The SMILES string of the molecule is C=C(C)CCC(=O)C(C)CCC(=O)C(C)C. The molecule has 0 saturated heterocycles. The van der Waals surface area contributed by atoms with Gasteiger partial charge in [-0.3, -0.25) is 9.59 Å². The van der Waals surface area contributed by atoms with Crippen LogP contribution in [0.2, 0.25) is 0 Å². The van der Waals surface area contributed by atoms with Gasteiger partial charge in [0.05, 0.1) is 0 Å². The summed E-state index contributed by atoms with van der Waals surface area (Å²) in [5.41, 5.74) is 1.04. The van der Waals surface area contributed by atoms with Gasteiger partial charge >= 0.3 is 0 Å². The molecule has 0 spiro atoms. The minimum atomic E-state index is 0.00190. The maximum Gasteiger partial charge on any atom is 0.136 e. The molecule has 0 heterocycles. The lowest BCUT2D eigenvalue weighted by atomic mass is 9.93. The Labute approximate surface area is 99.1 Å². The summed E-state index contributed by atoms with van der Waals surface area (Å²) < 4.78 is 0. The number of Topliss-reactive ketones (excluding diaryl/α,β-unsaturated/α-hetero) is 2. The fourth-order valence-corrected chi connectivity index (χ4v) is 1.39. The molecule has 0 rings (SSSR count). The van der Waals surface area contributed by atoms with Gasteiger partial charge in [-0.15, -0.1) is 6.58 Å². The lowest BCUT2D eigenvalue weighted by Gasteiger charge is -2.10. The maximum atomic E-state index is 11.7. The van der Waals surface area contributed by atoms with E-state index < -0.39 is 0 Å². The molecule has 1 atom stereocenters. The highest BCUT2D eigenvalue weighted by Gasteiger charge is 2.15. The highest BCUT2D eigenvalue weighted by atomic mass is 16.1. The van der Waals surface area contributed by atoms with E-state index in [0.717, 1.165) is 12.0 Å². The average molecular weight is 224 g/mol. The van der Waals surface area contributed by atoms with Gasteiger partial charge in [0, 0.05) is 24.7 Å². The van der Waals surface area contributed by atoms with Crippen molar-refractivity contribution in [2.24, 2.45) is 11.8 Å². The molecule has 2 heteroatoms. The summed E-state index contributed by atoms with van der Waals surface area (Å²) in [5, 5.41) is 0. The van der Waals surface area contributed by atoms with Crippen molar-refractivity contribution in [2.45, 2.75) is 53.4 Å². The van der Waals surface area contributed by atoms with E-state index in [9.17, 15) is 9.59 Å². The van der Waals surface area contributed by atoms with Crippen LogP contribution >= 0.6 is 0 Å². The predicted octanol–water partition coefficient (Wildman–Crippen LogP) is 3.55. The first-order valence-electron chi connectivity index (χ1n) is 6.04. The van der Waals surface area contributed by atoms with Crippen molar-refractivity contribution in [3.05, 3.63) is 12.2 Å². The van der Waals surface area contributed by atoms with Crippen molar-refractivity contribution < 1.29 is 9.59 Å². The monoisotopic (exact) mass is 224 g/mol. The Balaban J connectivity index is 3.88. The van der Waals surface area contributed by atoms with Crippen molar-refractivity contribution in [3.63, 3.8) is 0 Å². The minimum absolute atomic E-state index is 0.00190. The molecule has 2 nitrogen and oxygen atoms in total. The second-order valence-corrected chi connectivity index (χ2v) is 4.98. The summed E-state index contributed by atoms with van der Waals surface area (Å²) in [7, 11) is 0. The Kier molecular flexibility index (Phi) is 6.95. The Bertz CT molecular complexity index is 264. The van der Waals surface area contributed by atoms with Gasteiger partial charge in [0.1, 0.15) is 11.6 Å². The topological polar surface area (TPSA) is 34.1 Å². The first-order valence-corrected chi connectivity index (χ1v) is 6.04. The van der Waals surface area contributed by atoms with E-state index in [1.165, 1.54) is 0 Å². The van der Waals surface area contributed by atoms with E-state index in [1.54, 1.807) is 0 Å². The summed E-state index contributed by atoms with van der Waals surface area (Å²) in [4.78, 5) is 23.1. The van der Waals surface area contributed by atoms with Crippen molar-refractivity contribution in [2.75, 3.05) is 0 Å². The average Bonchev–Trinajstić information content (AvgIpc) is 2.21. The van der Waals surface area contributed by atoms with Crippen LogP contribution < -0.4 is 0 Å². The molecule has 1 unspecified atom stereocenters. The highest BCUT2D eigenvalue weighted by molar-refractivity contribution is 5.83. The van der Waals surface area contributed by atoms with Crippen molar-refractivity contribution in [1.29, 1.82) is 0 Å². The van der Waals surface area contributed by atoms with E-state index in [0.29, 0.717) is 19.3 Å². The van der Waals surface area contributed by atoms with Crippen molar-refractivity contribution >= 4 is 11.6 Å². The molecule has 0 saturated carbocycles. The third kappa shape index (κ3) is 6.54. The first kappa shape index (κ1) is 15.1. The molecule has 0 fully saturated rings. The van der Waals surface area contributed by atoms with Gasteiger partial charge in [-0.05, 0) is 19.8 Å². The first-order chi connectivity index (χ1) is 7.34. The third-order valence-corrected chi connectivity index (χ3v) is 2.82. The van der Waals surface area contributed by atoms with Gasteiger partial charge < -0.3 is 0 Å². The van der Waals surface area contributed by atoms with Crippen LogP contribution in [0, 0.1) is 11.8 Å². The molecule has 0 amide bonds. The zero-order chi connectivity index (χ0) is 12.7. The van der Waals surface area contributed by atoms with E-state index in [4.69, 9.17) is 0 Å². The van der Waals surface area contributed by atoms with E-state index in [-0.39, 0.29) is 23.4 Å². The van der Waals surface area contributed by atoms with Crippen LogP contribution in [0.15, 0.2) is 12.2 Å². The van der Waals surface area contributed by atoms with Crippen LogP contribution in [-0.2, 0) is 9.59 Å². The molecule has 92 valence electrons. The van der Waals surface area contributed by atoms with E-state index >= 15 is 0 Å². The molecule has 0 bridgehead atoms. The van der Waals surface area contributed by atoms with Gasteiger partial charge in [0.25, 0.3) is 0 Å². The fourth-order valence-electron chi connectivity index (χ4n) is 1.39. The van der Waals surface area contributed by atoms with E-state index in [2.05, 4.69) is 6.58 Å². The van der Waals surface area contributed by atoms with Crippen LogP contribution in [0.5, 0.6) is 0 Å². The Morgan fingerprint density at radius 2 is 1.56 bits per heavy atom. The van der Waals surface area contributed by atoms with Crippen molar-refractivity contribution in [3.8, 4) is 0 Å². The van der Waals surface area contributed by atoms with Crippen LogP contribution in [-0.4, -0.2) is 11.6 Å². The molecule has 0 aliphatic heterocycles.